The van der Waals surface area contributed by atoms with E-state index in [1.165, 1.54) is 11.1 Å². The van der Waals surface area contributed by atoms with Gasteiger partial charge in [-0.25, -0.2) is 0 Å². The van der Waals surface area contributed by atoms with Gasteiger partial charge in [0.2, 0.25) is 11.8 Å². The van der Waals surface area contributed by atoms with E-state index in [1.807, 2.05) is 12.1 Å². The predicted octanol–water partition coefficient (Wildman–Crippen LogP) is 3.36. The van der Waals surface area contributed by atoms with Gasteiger partial charge >= 0.3 is 0 Å². The van der Waals surface area contributed by atoms with E-state index in [0.717, 1.165) is 12.8 Å². The quantitative estimate of drug-likeness (QED) is 0.806. The molecule has 5 heteroatoms. The molecule has 0 saturated carbocycles. The highest BCUT2D eigenvalue weighted by atomic mass is 16.5. The van der Waals surface area contributed by atoms with Gasteiger partial charge in [0.15, 0.2) is 5.82 Å². The van der Waals surface area contributed by atoms with Crippen molar-refractivity contribution >= 4 is 5.91 Å². The van der Waals surface area contributed by atoms with Crippen LogP contribution >= 0.6 is 0 Å². The molecule has 0 aliphatic rings. The molecule has 0 fully saturated rings. The number of hydrogen-bond acceptors (Lipinski definition) is 4. The van der Waals surface area contributed by atoms with Crippen LogP contribution in [-0.4, -0.2) is 22.6 Å². The zero-order chi connectivity index (χ0) is 17.6. The minimum atomic E-state index is -0.111. The molecule has 24 heavy (non-hydrogen) atoms. The summed E-state index contributed by atoms with van der Waals surface area (Å²) in [4.78, 5) is 16.4. The van der Waals surface area contributed by atoms with Crippen LogP contribution in [0.5, 0.6) is 0 Å². The van der Waals surface area contributed by atoms with Crippen molar-refractivity contribution in [1.29, 1.82) is 0 Å². The lowest BCUT2D eigenvalue weighted by molar-refractivity contribution is -0.121. The maximum atomic E-state index is 12.1. The van der Waals surface area contributed by atoms with Crippen LogP contribution in [0.1, 0.15) is 56.5 Å². The van der Waals surface area contributed by atoms with E-state index >= 15 is 0 Å². The van der Waals surface area contributed by atoms with Crippen molar-refractivity contribution in [2.75, 3.05) is 6.54 Å². The molecule has 1 aromatic carbocycles. The Kier molecular flexibility index (Phi) is 6.12. The zero-order valence-electron chi connectivity index (χ0n) is 15.1. The molecule has 130 valence electrons. The number of carbonyl (C=O) groups is 1. The molecule has 0 bridgehead atoms. The first kappa shape index (κ1) is 18.2. The maximum absolute atomic E-state index is 12.1. The number of aromatic nitrogens is 2. The molecule has 0 atom stereocenters. The molecule has 1 heterocycles. The summed E-state index contributed by atoms with van der Waals surface area (Å²) in [5.41, 5.74) is 2.39. The summed E-state index contributed by atoms with van der Waals surface area (Å²) in [7, 11) is 0. The number of nitrogens with zero attached hydrogens (tertiary/aromatic N) is 2. The van der Waals surface area contributed by atoms with Crippen molar-refractivity contribution in [3.05, 3.63) is 47.1 Å². The Morgan fingerprint density at radius 2 is 2.00 bits per heavy atom. The Bertz CT molecular complexity index is 677. The molecular weight excluding hydrogens is 302 g/mol. The van der Waals surface area contributed by atoms with Gasteiger partial charge in [-0.1, -0.05) is 50.2 Å². The molecule has 1 amide bonds. The van der Waals surface area contributed by atoms with Gasteiger partial charge in [0.25, 0.3) is 0 Å². The molecule has 2 rings (SSSR count). The lowest BCUT2D eigenvalue weighted by Crippen LogP contribution is -2.37. The Balaban J connectivity index is 1.83. The Labute approximate surface area is 143 Å². The lowest BCUT2D eigenvalue weighted by atomic mass is 9.82. The SMILES string of the molecule is CCCc1noc(CCC(=O)NCC(C)(C)c2ccccc2C)n1. The molecule has 1 aromatic heterocycles. The van der Waals surface area contributed by atoms with Crippen molar-refractivity contribution in [1.82, 2.24) is 15.5 Å². The van der Waals surface area contributed by atoms with Gasteiger partial charge in [-0.05, 0) is 24.5 Å². The fourth-order valence-electron chi connectivity index (χ4n) is 2.77. The highest BCUT2D eigenvalue weighted by molar-refractivity contribution is 5.76. The average Bonchev–Trinajstić information content (AvgIpc) is 2.99. The van der Waals surface area contributed by atoms with E-state index < -0.39 is 0 Å². The molecule has 2 aromatic rings. The van der Waals surface area contributed by atoms with Gasteiger partial charge in [-0.3, -0.25) is 4.79 Å². The number of hydrogen-bond donors (Lipinski definition) is 1. The summed E-state index contributed by atoms with van der Waals surface area (Å²) in [6.07, 6.45) is 2.62. The van der Waals surface area contributed by atoms with Crippen LogP contribution in [0.2, 0.25) is 0 Å². The van der Waals surface area contributed by atoms with Crippen LogP contribution in [0.3, 0.4) is 0 Å². The van der Waals surface area contributed by atoms with Crippen molar-refractivity contribution in [3.8, 4) is 0 Å². The summed E-state index contributed by atoms with van der Waals surface area (Å²) in [6, 6.07) is 8.29. The van der Waals surface area contributed by atoms with Gasteiger partial charge < -0.3 is 9.84 Å². The minimum absolute atomic E-state index is 0.00639. The van der Waals surface area contributed by atoms with Crippen LogP contribution in [0.15, 0.2) is 28.8 Å². The largest absolute Gasteiger partial charge is 0.355 e. The molecule has 1 N–H and O–H groups in total. The van der Waals surface area contributed by atoms with Gasteiger partial charge in [0, 0.05) is 31.2 Å². The second-order valence-corrected chi connectivity index (χ2v) is 6.83. The van der Waals surface area contributed by atoms with Crippen LogP contribution in [0.4, 0.5) is 0 Å². The molecular formula is C19H27N3O2. The van der Waals surface area contributed by atoms with Crippen LogP contribution < -0.4 is 5.32 Å². The topological polar surface area (TPSA) is 68.0 Å². The van der Waals surface area contributed by atoms with Gasteiger partial charge in [0.1, 0.15) is 0 Å². The summed E-state index contributed by atoms with van der Waals surface area (Å²) >= 11 is 0. The number of rotatable bonds is 8. The van der Waals surface area contributed by atoms with E-state index in [0.29, 0.717) is 31.1 Å². The molecule has 0 unspecified atom stereocenters. The minimum Gasteiger partial charge on any atom is -0.355 e. The smallest absolute Gasteiger partial charge is 0.227 e. The second kappa shape index (κ2) is 8.08. The third-order valence-electron chi connectivity index (χ3n) is 4.15. The first-order chi connectivity index (χ1) is 11.4. The fourth-order valence-corrected chi connectivity index (χ4v) is 2.77. The summed E-state index contributed by atoms with van der Waals surface area (Å²) in [6.45, 7) is 9.05. The molecule has 0 aliphatic carbocycles. The van der Waals surface area contributed by atoms with E-state index in [2.05, 4.69) is 55.3 Å². The zero-order valence-corrected chi connectivity index (χ0v) is 15.1. The van der Waals surface area contributed by atoms with Gasteiger partial charge in [0.05, 0.1) is 0 Å². The third-order valence-corrected chi connectivity index (χ3v) is 4.15. The lowest BCUT2D eigenvalue weighted by Gasteiger charge is -2.27. The van der Waals surface area contributed by atoms with E-state index in [9.17, 15) is 4.79 Å². The Hall–Kier alpha value is -2.17. The number of aryl methyl sites for hydroxylation is 3. The van der Waals surface area contributed by atoms with Crippen LogP contribution in [-0.2, 0) is 23.1 Å². The normalized spacial score (nSPS) is 11.5. The van der Waals surface area contributed by atoms with E-state index in [1.54, 1.807) is 0 Å². The van der Waals surface area contributed by atoms with Gasteiger partial charge in [-0.15, -0.1) is 0 Å². The number of carbonyl (C=O) groups excluding carboxylic acids is 1. The van der Waals surface area contributed by atoms with Gasteiger partial charge in [-0.2, -0.15) is 4.98 Å². The number of benzene rings is 1. The van der Waals surface area contributed by atoms with Crippen molar-refractivity contribution < 1.29 is 9.32 Å². The number of nitrogens with one attached hydrogen (secondary N) is 1. The first-order valence-electron chi connectivity index (χ1n) is 8.56. The fraction of sp³-hybridized carbons (Fsp3) is 0.526. The predicted molar refractivity (Wildman–Crippen MR) is 93.8 cm³/mol. The molecule has 0 spiro atoms. The standard InChI is InChI=1S/C19H27N3O2/c1-5-8-16-21-18(24-22-16)12-11-17(23)20-13-19(3,4)15-10-7-6-9-14(15)2/h6-7,9-10H,5,8,11-13H2,1-4H3,(H,20,23). The van der Waals surface area contributed by atoms with Crippen LogP contribution in [0, 0.1) is 6.92 Å². The van der Waals surface area contributed by atoms with Crippen molar-refractivity contribution in [3.63, 3.8) is 0 Å². The van der Waals surface area contributed by atoms with Crippen molar-refractivity contribution in [2.24, 2.45) is 0 Å². The first-order valence-corrected chi connectivity index (χ1v) is 8.56. The monoisotopic (exact) mass is 329 g/mol. The molecule has 0 radical (unpaired) electrons. The second-order valence-electron chi connectivity index (χ2n) is 6.83. The van der Waals surface area contributed by atoms with E-state index in [-0.39, 0.29) is 11.3 Å². The Morgan fingerprint density at radius 1 is 1.25 bits per heavy atom. The third kappa shape index (κ3) is 4.91. The number of amides is 1. The van der Waals surface area contributed by atoms with Crippen molar-refractivity contribution in [2.45, 2.75) is 58.8 Å². The molecule has 5 nitrogen and oxygen atoms in total. The summed E-state index contributed by atoms with van der Waals surface area (Å²) < 4.78 is 5.16. The highest BCUT2D eigenvalue weighted by Crippen LogP contribution is 2.25. The maximum Gasteiger partial charge on any atom is 0.227 e. The summed E-state index contributed by atoms with van der Waals surface area (Å²) in [5.74, 6) is 1.26. The average molecular weight is 329 g/mol. The van der Waals surface area contributed by atoms with E-state index in [4.69, 9.17) is 4.52 Å². The molecule has 0 aliphatic heterocycles. The van der Waals surface area contributed by atoms with Crippen LogP contribution in [0.25, 0.3) is 0 Å². The molecule has 0 saturated heterocycles. The summed E-state index contributed by atoms with van der Waals surface area (Å²) in [5, 5.41) is 6.92. The Morgan fingerprint density at radius 3 is 2.71 bits per heavy atom. The highest BCUT2D eigenvalue weighted by Gasteiger charge is 2.23.